The number of hydrogen-bond donors (Lipinski definition) is 3. The van der Waals surface area contributed by atoms with Gasteiger partial charge >= 0.3 is 0 Å². The number of rotatable bonds is 5. The highest BCUT2D eigenvalue weighted by Gasteiger charge is 2.39. The van der Waals surface area contributed by atoms with Gasteiger partial charge in [-0.15, -0.1) is 0 Å². The van der Waals surface area contributed by atoms with Crippen LogP contribution in [0.3, 0.4) is 0 Å². The minimum Gasteiger partial charge on any atom is -0.393 e. The molecule has 3 fully saturated rings. The fourth-order valence-electron chi connectivity index (χ4n) is 6.33. The van der Waals surface area contributed by atoms with Gasteiger partial charge in [-0.25, -0.2) is 8.78 Å². The Kier molecular flexibility index (Phi) is 6.70. The van der Waals surface area contributed by atoms with Gasteiger partial charge in [-0.2, -0.15) is 0 Å². The number of benzene rings is 1. The predicted molar refractivity (Wildman–Crippen MR) is 128 cm³/mol. The molecule has 2 amide bonds. The fraction of sp³-hybridized carbons (Fsp3) is 0.630. The van der Waals surface area contributed by atoms with E-state index >= 15 is 0 Å². The van der Waals surface area contributed by atoms with Gasteiger partial charge in [0.2, 0.25) is 11.8 Å². The maximum atomic E-state index is 13.6. The molecule has 3 N–H and O–H groups in total. The lowest BCUT2D eigenvalue weighted by atomic mass is 9.78. The monoisotopic (exact) mass is 487 g/mol. The lowest BCUT2D eigenvalue weighted by Gasteiger charge is -2.39. The van der Waals surface area contributed by atoms with Gasteiger partial charge in [-0.3, -0.25) is 9.59 Å². The highest BCUT2D eigenvalue weighted by Crippen LogP contribution is 2.36. The molecule has 4 aliphatic rings. The molecule has 35 heavy (non-hydrogen) atoms. The number of allylic oxidation sites excluding steroid dienone is 1. The zero-order chi connectivity index (χ0) is 24.7. The van der Waals surface area contributed by atoms with E-state index in [0.717, 1.165) is 30.4 Å². The topological polar surface area (TPSA) is 81.7 Å². The van der Waals surface area contributed by atoms with Crippen molar-refractivity contribution in [2.45, 2.75) is 101 Å². The Morgan fingerprint density at radius 1 is 1.14 bits per heavy atom. The molecule has 0 spiro atoms. The second-order valence-corrected chi connectivity index (χ2v) is 10.9. The van der Waals surface area contributed by atoms with Crippen molar-refractivity contribution in [1.29, 1.82) is 0 Å². The number of fused-ring (bicyclic) bond motifs is 1. The Labute approximate surface area is 205 Å². The molecule has 1 aromatic carbocycles. The first-order valence-electron chi connectivity index (χ1n) is 12.9. The Morgan fingerprint density at radius 3 is 2.66 bits per heavy atom. The van der Waals surface area contributed by atoms with E-state index < -0.39 is 12.0 Å². The lowest BCUT2D eigenvalue weighted by Crippen LogP contribution is -2.49. The van der Waals surface area contributed by atoms with Crippen molar-refractivity contribution in [2.24, 2.45) is 5.92 Å². The third-order valence-electron chi connectivity index (χ3n) is 8.32. The Balaban J connectivity index is 1.26. The fourth-order valence-corrected chi connectivity index (χ4v) is 6.33. The van der Waals surface area contributed by atoms with Gasteiger partial charge in [-0.1, -0.05) is 18.7 Å². The molecule has 2 aliphatic carbocycles. The largest absolute Gasteiger partial charge is 0.393 e. The summed E-state index contributed by atoms with van der Waals surface area (Å²) in [4.78, 5) is 27.1. The van der Waals surface area contributed by atoms with E-state index in [2.05, 4.69) is 23.3 Å². The van der Waals surface area contributed by atoms with Crippen molar-refractivity contribution >= 4 is 11.8 Å². The molecule has 1 saturated heterocycles. The number of hydrogen-bond acceptors (Lipinski definition) is 4. The number of halogens is 2. The molecule has 2 aliphatic heterocycles. The number of nitrogens with one attached hydrogen (secondary N) is 2. The van der Waals surface area contributed by atoms with Gasteiger partial charge in [-0.05, 0) is 74.5 Å². The first-order chi connectivity index (χ1) is 16.7. The summed E-state index contributed by atoms with van der Waals surface area (Å²) in [7, 11) is 0. The highest BCUT2D eigenvalue weighted by atomic mass is 19.3. The van der Waals surface area contributed by atoms with Crippen molar-refractivity contribution in [2.75, 3.05) is 0 Å². The van der Waals surface area contributed by atoms with Crippen molar-refractivity contribution in [1.82, 2.24) is 15.5 Å². The molecule has 8 heteroatoms. The second-order valence-electron chi connectivity index (χ2n) is 10.9. The zero-order valence-corrected chi connectivity index (χ0v) is 20.1. The molecule has 4 atom stereocenters. The molecular formula is C27H35F2N3O3. The molecule has 0 bridgehead atoms. The normalized spacial score (nSPS) is 31.4. The molecule has 2 heterocycles. The molecule has 0 radical (unpaired) electrons. The Bertz CT molecular complexity index is 1000. The number of carbonyl (C=O) groups excluding carboxylic acids is 2. The van der Waals surface area contributed by atoms with Gasteiger partial charge in [0.1, 0.15) is 6.04 Å². The Hall–Kier alpha value is -2.32. The van der Waals surface area contributed by atoms with Crippen LogP contribution >= 0.6 is 0 Å². The van der Waals surface area contributed by atoms with Crippen molar-refractivity contribution < 1.29 is 23.5 Å². The van der Waals surface area contributed by atoms with Crippen LogP contribution in [-0.4, -0.2) is 52.0 Å². The standard InChI is InChI=1S/C27H35F2N3O3/c1-16-2-7-24(25(34)30-16)32-15-19-13-17(3-5-22(19)26(32)35)12-18-14-21(33)4-6-23(18)31-20-8-10-27(28,29)11-9-20/h3,5,13,18,20-21,23-24,31,33H,1-2,4,6-12,14-15H2,(H,30,34)/t18-,21+,23-,24?/m0/s1. The smallest absolute Gasteiger partial charge is 0.255 e. The zero-order valence-electron chi connectivity index (χ0n) is 20.1. The first kappa shape index (κ1) is 24.4. The SMILES string of the molecule is C=C1CCC(N2Cc3cc(C[C@H]4C[C@H](O)CC[C@@H]4NC4CCC(F)(F)CC4)ccc3C2=O)C(=O)N1. The average Bonchev–Trinajstić information content (AvgIpc) is 3.12. The predicted octanol–water partition coefficient (Wildman–Crippen LogP) is 3.67. The van der Waals surface area contributed by atoms with Gasteiger partial charge in [0.25, 0.3) is 5.91 Å². The number of carbonyl (C=O) groups is 2. The summed E-state index contributed by atoms with van der Waals surface area (Å²) in [5.74, 6) is -2.63. The van der Waals surface area contributed by atoms with Crippen LogP contribution in [0.2, 0.25) is 0 Å². The summed E-state index contributed by atoms with van der Waals surface area (Å²) in [5.41, 5.74) is 3.37. The lowest BCUT2D eigenvalue weighted by molar-refractivity contribution is -0.126. The van der Waals surface area contributed by atoms with Crippen LogP contribution in [0, 0.1) is 5.92 Å². The van der Waals surface area contributed by atoms with Crippen LogP contribution in [0.1, 0.15) is 79.3 Å². The van der Waals surface area contributed by atoms with Crippen LogP contribution in [0.5, 0.6) is 0 Å². The third kappa shape index (κ3) is 5.28. The minimum absolute atomic E-state index is 0.0623. The number of amides is 2. The van der Waals surface area contributed by atoms with Crippen LogP contribution in [0.15, 0.2) is 30.5 Å². The summed E-state index contributed by atoms with van der Waals surface area (Å²) in [6, 6.07) is 5.70. The van der Waals surface area contributed by atoms with Crippen LogP contribution < -0.4 is 10.6 Å². The summed E-state index contributed by atoms with van der Waals surface area (Å²) in [6.45, 7) is 4.23. The average molecular weight is 488 g/mol. The number of nitrogens with zero attached hydrogens (tertiary/aromatic N) is 1. The molecule has 6 nitrogen and oxygen atoms in total. The van der Waals surface area contributed by atoms with Crippen LogP contribution in [0.25, 0.3) is 0 Å². The van der Waals surface area contributed by atoms with E-state index in [9.17, 15) is 23.5 Å². The van der Waals surface area contributed by atoms with E-state index in [-0.39, 0.29) is 48.8 Å². The molecule has 1 unspecified atom stereocenters. The van der Waals surface area contributed by atoms with E-state index in [4.69, 9.17) is 0 Å². The maximum absolute atomic E-state index is 13.6. The van der Waals surface area contributed by atoms with Gasteiger partial charge in [0.15, 0.2) is 0 Å². The number of alkyl halides is 2. The van der Waals surface area contributed by atoms with E-state index in [0.29, 0.717) is 49.9 Å². The van der Waals surface area contributed by atoms with Crippen LogP contribution in [0.4, 0.5) is 8.78 Å². The van der Waals surface area contributed by atoms with Gasteiger partial charge in [0, 0.05) is 42.7 Å². The maximum Gasteiger partial charge on any atom is 0.255 e. The van der Waals surface area contributed by atoms with Gasteiger partial charge < -0.3 is 20.6 Å². The van der Waals surface area contributed by atoms with Crippen molar-refractivity contribution in [3.8, 4) is 0 Å². The highest BCUT2D eigenvalue weighted by molar-refractivity contribution is 6.01. The van der Waals surface area contributed by atoms with Crippen molar-refractivity contribution in [3.63, 3.8) is 0 Å². The van der Waals surface area contributed by atoms with Crippen molar-refractivity contribution in [3.05, 3.63) is 47.2 Å². The minimum atomic E-state index is -2.54. The van der Waals surface area contributed by atoms with E-state index in [1.165, 1.54) is 0 Å². The number of aliphatic hydroxyl groups is 1. The first-order valence-corrected chi connectivity index (χ1v) is 12.9. The summed E-state index contributed by atoms with van der Waals surface area (Å²) >= 11 is 0. The van der Waals surface area contributed by atoms with Crippen LogP contribution in [-0.2, 0) is 17.8 Å². The Morgan fingerprint density at radius 2 is 1.91 bits per heavy atom. The molecule has 190 valence electrons. The summed E-state index contributed by atoms with van der Waals surface area (Å²) in [6.07, 6.45) is 4.72. The molecule has 0 aromatic heterocycles. The number of aliphatic hydroxyl groups excluding tert-OH is 1. The van der Waals surface area contributed by atoms with Gasteiger partial charge in [0.05, 0.1) is 6.10 Å². The quantitative estimate of drug-likeness (QED) is 0.592. The molecular weight excluding hydrogens is 452 g/mol. The van der Waals surface area contributed by atoms with E-state index in [1.807, 2.05) is 12.1 Å². The molecule has 1 aromatic rings. The van der Waals surface area contributed by atoms with E-state index in [1.54, 1.807) is 4.90 Å². The second kappa shape index (κ2) is 9.62. The number of piperidine rings is 1. The molecule has 2 saturated carbocycles. The summed E-state index contributed by atoms with van der Waals surface area (Å²) < 4.78 is 27.2. The molecule has 5 rings (SSSR count). The summed E-state index contributed by atoms with van der Waals surface area (Å²) in [5, 5.41) is 16.8. The third-order valence-corrected chi connectivity index (χ3v) is 8.32.